The molecule has 1 aliphatic carbocycles. The predicted molar refractivity (Wildman–Crippen MR) is 69.7 cm³/mol. The minimum Gasteiger partial charge on any atom is -0.480 e. The van der Waals surface area contributed by atoms with E-state index in [1.54, 1.807) is 4.90 Å². The standard InChI is InChI=1S/C14H22N2O3/c17-12(18)11(9-10-3-4-10)16-8-6-14(13(16)19)5-1-2-7-15-14/h10-11,15H,1-9H2,(H,17,18). The Morgan fingerprint density at radius 2 is 2.21 bits per heavy atom. The van der Waals surface area contributed by atoms with Crippen LogP contribution in [0.4, 0.5) is 0 Å². The van der Waals surface area contributed by atoms with Gasteiger partial charge in [-0.15, -0.1) is 0 Å². The second kappa shape index (κ2) is 4.78. The molecule has 2 heterocycles. The number of carboxylic acid groups (broad SMARTS) is 1. The molecule has 0 bridgehead atoms. The van der Waals surface area contributed by atoms with Crippen molar-refractivity contribution >= 4 is 11.9 Å². The quantitative estimate of drug-likeness (QED) is 0.796. The number of piperidine rings is 1. The van der Waals surface area contributed by atoms with Gasteiger partial charge in [0.15, 0.2) is 0 Å². The van der Waals surface area contributed by atoms with Gasteiger partial charge in [0.25, 0.3) is 0 Å². The summed E-state index contributed by atoms with van der Waals surface area (Å²) in [6.45, 7) is 1.47. The van der Waals surface area contributed by atoms with Crippen molar-refractivity contribution in [3.8, 4) is 0 Å². The molecule has 3 aliphatic rings. The maximum atomic E-state index is 12.6. The molecule has 2 atom stereocenters. The Labute approximate surface area is 113 Å². The molecule has 0 aromatic rings. The fraction of sp³-hybridized carbons (Fsp3) is 0.857. The molecule has 1 amide bonds. The number of likely N-dealkylation sites (tertiary alicyclic amines) is 1. The number of hydrogen-bond donors (Lipinski definition) is 2. The van der Waals surface area contributed by atoms with Crippen LogP contribution < -0.4 is 5.32 Å². The van der Waals surface area contributed by atoms with Crippen molar-refractivity contribution < 1.29 is 14.7 Å². The van der Waals surface area contributed by atoms with Gasteiger partial charge in [0.1, 0.15) is 6.04 Å². The maximum absolute atomic E-state index is 12.6. The Morgan fingerprint density at radius 3 is 2.79 bits per heavy atom. The zero-order valence-electron chi connectivity index (χ0n) is 11.2. The highest BCUT2D eigenvalue weighted by Crippen LogP contribution is 2.38. The Hall–Kier alpha value is -1.10. The lowest BCUT2D eigenvalue weighted by Crippen LogP contribution is -2.56. The summed E-state index contributed by atoms with van der Waals surface area (Å²) >= 11 is 0. The number of aliphatic carboxylic acids is 1. The van der Waals surface area contributed by atoms with Crippen molar-refractivity contribution in [2.45, 2.75) is 56.5 Å². The first kappa shape index (κ1) is 12.9. The summed E-state index contributed by atoms with van der Waals surface area (Å²) in [4.78, 5) is 25.7. The van der Waals surface area contributed by atoms with Crippen LogP contribution in [0.25, 0.3) is 0 Å². The smallest absolute Gasteiger partial charge is 0.326 e. The first-order valence-corrected chi connectivity index (χ1v) is 7.41. The van der Waals surface area contributed by atoms with Crippen LogP contribution in [0.5, 0.6) is 0 Å². The van der Waals surface area contributed by atoms with E-state index >= 15 is 0 Å². The van der Waals surface area contributed by atoms with E-state index in [2.05, 4.69) is 5.32 Å². The number of hydrogen-bond acceptors (Lipinski definition) is 3. The molecule has 106 valence electrons. The van der Waals surface area contributed by atoms with Gasteiger partial charge < -0.3 is 15.3 Å². The summed E-state index contributed by atoms with van der Waals surface area (Å²) in [6, 6.07) is -0.608. The number of carbonyl (C=O) groups is 2. The molecule has 0 aromatic carbocycles. The highest BCUT2D eigenvalue weighted by Gasteiger charge is 2.50. The van der Waals surface area contributed by atoms with Crippen molar-refractivity contribution in [3.05, 3.63) is 0 Å². The van der Waals surface area contributed by atoms with E-state index in [1.807, 2.05) is 0 Å². The van der Waals surface area contributed by atoms with Gasteiger partial charge in [-0.25, -0.2) is 4.79 Å². The molecule has 5 nitrogen and oxygen atoms in total. The van der Waals surface area contributed by atoms with E-state index in [0.29, 0.717) is 18.9 Å². The average Bonchev–Trinajstić information content (AvgIpc) is 3.17. The minimum atomic E-state index is -0.840. The van der Waals surface area contributed by atoms with Crippen molar-refractivity contribution in [1.29, 1.82) is 0 Å². The Bertz CT molecular complexity index is 386. The second-order valence-corrected chi connectivity index (χ2v) is 6.25. The van der Waals surface area contributed by atoms with E-state index in [4.69, 9.17) is 0 Å². The zero-order valence-corrected chi connectivity index (χ0v) is 11.2. The molecule has 19 heavy (non-hydrogen) atoms. The molecular weight excluding hydrogens is 244 g/mol. The van der Waals surface area contributed by atoms with Gasteiger partial charge in [-0.1, -0.05) is 12.8 Å². The van der Waals surface area contributed by atoms with Gasteiger partial charge in [-0.05, 0) is 44.6 Å². The number of rotatable bonds is 4. The van der Waals surface area contributed by atoms with Gasteiger partial charge in [-0.2, -0.15) is 0 Å². The van der Waals surface area contributed by atoms with Crippen LogP contribution in [0.15, 0.2) is 0 Å². The van der Waals surface area contributed by atoms with Crippen LogP contribution in [0, 0.1) is 5.92 Å². The fourth-order valence-corrected chi connectivity index (χ4v) is 3.49. The monoisotopic (exact) mass is 266 g/mol. The summed E-state index contributed by atoms with van der Waals surface area (Å²) in [5.41, 5.74) is -0.449. The summed E-state index contributed by atoms with van der Waals surface area (Å²) in [5.74, 6) is -0.293. The van der Waals surface area contributed by atoms with Gasteiger partial charge in [0.05, 0.1) is 5.54 Å². The van der Waals surface area contributed by atoms with Crippen molar-refractivity contribution in [2.75, 3.05) is 13.1 Å². The summed E-state index contributed by atoms with van der Waals surface area (Å²) in [5, 5.41) is 12.8. The van der Waals surface area contributed by atoms with E-state index in [0.717, 1.165) is 45.1 Å². The zero-order chi connectivity index (χ0) is 13.5. The van der Waals surface area contributed by atoms with Gasteiger partial charge in [-0.3, -0.25) is 4.79 Å². The van der Waals surface area contributed by atoms with Crippen LogP contribution in [-0.4, -0.2) is 46.6 Å². The van der Waals surface area contributed by atoms with E-state index < -0.39 is 17.6 Å². The molecule has 2 saturated heterocycles. The van der Waals surface area contributed by atoms with Crippen LogP contribution in [0.2, 0.25) is 0 Å². The van der Waals surface area contributed by atoms with E-state index in [-0.39, 0.29) is 5.91 Å². The molecule has 0 aromatic heterocycles. The van der Waals surface area contributed by atoms with Gasteiger partial charge >= 0.3 is 5.97 Å². The number of nitrogens with zero attached hydrogens (tertiary/aromatic N) is 1. The molecule has 1 spiro atoms. The molecule has 1 saturated carbocycles. The molecule has 2 aliphatic heterocycles. The van der Waals surface area contributed by atoms with Crippen LogP contribution in [0.3, 0.4) is 0 Å². The molecule has 0 radical (unpaired) electrons. The third-order valence-electron chi connectivity index (χ3n) is 4.86. The highest BCUT2D eigenvalue weighted by atomic mass is 16.4. The molecule has 2 N–H and O–H groups in total. The van der Waals surface area contributed by atoms with Crippen LogP contribution in [0.1, 0.15) is 44.9 Å². The molecule has 3 rings (SSSR count). The second-order valence-electron chi connectivity index (χ2n) is 6.25. The average molecular weight is 266 g/mol. The van der Waals surface area contributed by atoms with E-state index in [9.17, 15) is 14.7 Å². The van der Waals surface area contributed by atoms with Crippen molar-refractivity contribution in [2.24, 2.45) is 5.92 Å². The lowest BCUT2D eigenvalue weighted by molar-refractivity contribution is -0.150. The molecule has 5 heteroatoms. The van der Waals surface area contributed by atoms with Crippen molar-refractivity contribution in [1.82, 2.24) is 10.2 Å². The lowest BCUT2D eigenvalue weighted by Gasteiger charge is -2.34. The highest BCUT2D eigenvalue weighted by molar-refractivity contribution is 5.92. The number of carboxylic acids is 1. The van der Waals surface area contributed by atoms with E-state index in [1.165, 1.54) is 0 Å². The normalized spacial score (nSPS) is 32.8. The topological polar surface area (TPSA) is 69.6 Å². The molecule has 2 unspecified atom stereocenters. The fourth-order valence-electron chi connectivity index (χ4n) is 3.49. The third kappa shape index (κ3) is 2.36. The first-order chi connectivity index (χ1) is 9.12. The Balaban J connectivity index is 1.73. The molecular formula is C14H22N2O3. The summed E-state index contributed by atoms with van der Waals surface area (Å²) in [6.07, 6.45) is 6.67. The Morgan fingerprint density at radius 1 is 1.42 bits per heavy atom. The maximum Gasteiger partial charge on any atom is 0.326 e. The van der Waals surface area contributed by atoms with Gasteiger partial charge in [0.2, 0.25) is 5.91 Å². The molecule has 3 fully saturated rings. The minimum absolute atomic E-state index is 0.0280. The first-order valence-electron chi connectivity index (χ1n) is 7.41. The summed E-state index contributed by atoms with van der Waals surface area (Å²) < 4.78 is 0. The summed E-state index contributed by atoms with van der Waals surface area (Å²) in [7, 11) is 0. The van der Waals surface area contributed by atoms with Crippen LogP contribution in [-0.2, 0) is 9.59 Å². The number of nitrogens with one attached hydrogen (secondary N) is 1. The van der Waals surface area contributed by atoms with Crippen LogP contribution >= 0.6 is 0 Å². The number of carbonyl (C=O) groups excluding carboxylic acids is 1. The SMILES string of the molecule is O=C(O)C(CC1CC1)N1CCC2(CCCCN2)C1=O. The van der Waals surface area contributed by atoms with Crippen molar-refractivity contribution in [3.63, 3.8) is 0 Å². The number of amides is 1. The Kier molecular flexibility index (Phi) is 3.25. The third-order valence-corrected chi connectivity index (χ3v) is 4.86. The predicted octanol–water partition coefficient (Wildman–Crippen LogP) is 0.984. The van der Waals surface area contributed by atoms with Gasteiger partial charge in [0, 0.05) is 6.54 Å². The lowest BCUT2D eigenvalue weighted by atomic mass is 9.87. The largest absolute Gasteiger partial charge is 0.480 e.